The molecule has 7 aliphatic carbocycles. The highest BCUT2D eigenvalue weighted by molar-refractivity contribution is 6.04. The van der Waals surface area contributed by atoms with Crippen molar-refractivity contribution in [1.82, 2.24) is 0 Å². The number of carboxylic acids is 1. The summed E-state index contributed by atoms with van der Waals surface area (Å²) in [7, 11) is 0. The number of hydrogen-bond donors (Lipinski definition) is 2. The Bertz CT molecular complexity index is 965. The fraction of sp³-hybridized carbons (Fsp3) is 0.667. The summed E-state index contributed by atoms with van der Waals surface area (Å²) in [5.74, 6) is 1.56. The molecule has 0 radical (unpaired) electrons. The number of fused-ring (bicyclic) bond motifs is 1. The van der Waals surface area contributed by atoms with Crippen LogP contribution in [0.1, 0.15) is 51.7 Å². The quantitative estimate of drug-likeness (QED) is 0.842. The van der Waals surface area contributed by atoms with Gasteiger partial charge in [-0.3, -0.25) is 9.59 Å². The SMILES string of the molecule is CC1(C)CCC(C)(C)c2cc(NC(=O)C34C5C6C3C3C4C5C63C(=O)O)ccc21. The minimum absolute atomic E-state index is 0.126. The predicted molar refractivity (Wildman–Crippen MR) is 104 cm³/mol. The summed E-state index contributed by atoms with van der Waals surface area (Å²) in [5.41, 5.74) is 3.38. The Hall–Kier alpha value is -1.84. The number of amides is 1. The highest BCUT2D eigenvalue weighted by Gasteiger charge is 3.13. The Morgan fingerprint density at radius 1 is 0.857 bits per heavy atom. The van der Waals surface area contributed by atoms with Crippen LogP contribution in [0.15, 0.2) is 18.2 Å². The van der Waals surface area contributed by atoms with Crippen molar-refractivity contribution in [2.45, 2.75) is 51.4 Å². The highest BCUT2D eigenvalue weighted by atomic mass is 16.4. The van der Waals surface area contributed by atoms with Gasteiger partial charge in [-0.05, 0) is 82.4 Å². The molecule has 0 saturated heterocycles. The molecule has 0 atom stereocenters. The number of hydrogen-bond acceptors (Lipinski definition) is 2. The number of nitrogens with one attached hydrogen (secondary N) is 1. The first-order valence-corrected chi connectivity index (χ1v) is 10.8. The third-order valence-electron chi connectivity index (χ3n) is 10.5. The molecular formula is C24H27NO3. The summed E-state index contributed by atoms with van der Waals surface area (Å²) < 4.78 is 0. The van der Waals surface area contributed by atoms with Crippen molar-refractivity contribution in [3.05, 3.63) is 29.3 Å². The summed E-state index contributed by atoms with van der Waals surface area (Å²) in [6, 6.07) is 6.49. The Kier molecular flexibility index (Phi) is 2.25. The topological polar surface area (TPSA) is 66.4 Å². The van der Waals surface area contributed by atoms with E-state index in [4.69, 9.17) is 0 Å². The van der Waals surface area contributed by atoms with Crippen LogP contribution < -0.4 is 5.32 Å². The van der Waals surface area contributed by atoms with Gasteiger partial charge in [0, 0.05) is 5.69 Å². The molecule has 0 unspecified atom stereocenters. The first-order chi connectivity index (χ1) is 13.1. The highest BCUT2D eigenvalue weighted by Crippen LogP contribution is 3.10. The van der Waals surface area contributed by atoms with Crippen molar-refractivity contribution in [2.24, 2.45) is 46.3 Å². The molecule has 7 aliphatic rings. The molecule has 1 aromatic carbocycles. The normalized spacial score (nSPS) is 50.4. The maximum atomic E-state index is 13.3. The third kappa shape index (κ3) is 1.15. The number of carbonyl (C=O) groups excluding carboxylic acids is 1. The molecule has 6 fully saturated rings. The average Bonchev–Trinajstić information content (AvgIpc) is 2.65. The van der Waals surface area contributed by atoms with E-state index in [-0.39, 0.29) is 22.2 Å². The van der Waals surface area contributed by atoms with E-state index >= 15 is 0 Å². The lowest BCUT2D eigenvalue weighted by Crippen LogP contribution is -3.12. The molecule has 28 heavy (non-hydrogen) atoms. The van der Waals surface area contributed by atoms with Gasteiger partial charge in [-0.1, -0.05) is 33.8 Å². The summed E-state index contributed by atoms with van der Waals surface area (Å²) in [6.45, 7) is 9.23. The van der Waals surface area contributed by atoms with Gasteiger partial charge < -0.3 is 10.4 Å². The molecule has 1 aromatic rings. The van der Waals surface area contributed by atoms with Gasteiger partial charge in [0.1, 0.15) is 0 Å². The second-order valence-electron chi connectivity index (χ2n) is 11.8. The lowest BCUT2D eigenvalue weighted by Gasteiger charge is -3.09. The fourth-order valence-electron chi connectivity index (χ4n) is 9.32. The lowest BCUT2D eigenvalue weighted by molar-refractivity contribution is -0.625. The molecule has 1 amide bonds. The van der Waals surface area contributed by atoms with E-state index in [0.717, 1.165) is 12.1 Å². The van der Waals surface area contributed by atoms with Gasteiger partial charge in [-0.2, -0.15) is 0 Å². The number of benzene rings is 1. The smallest absolute Gasteiger partial charge is 0.310 e. The minimum Gasteiger partial charge on any atom is -0.481 e. The summed E-state index contributed by atoms with van der Waals surface area (Å²) >= 11 is 0. The molecule has 4 heteroatoms. The van der Waals surface area contributed by atoms with Crippen LogP contribution in [0.5, 0.6) is 0 Å². The van der Waals surface area contributed by atoms with Crippen molar-refractivity contribution in [3.63, 3.8) is 0 Å². The monoisotopic (exact) mass is 377 g/mol. The number of carbonyl (C=O) groups is 2. The molecule has 0 heterocycles. The van der Waals surface area contributed by atoms with E-state index < -0.39 is 11.4 Å². The van der Waals surface area contributed by atoms with Crippen molar-refractivity contribution < 1.29 is 14.7 Å². The van der Waals surface area contributed by atoms with Crippen molar-refractivity contribution in [2.75, 3.05) is 5.32 Å². The van der Waals surface area contributed by atoms with E-state index in [1.165, 1.54) is 17.5 Å². The molecule has 4 nitrogen and oxygen atoms in total. The van der Waals surface area contributed by atoms with Gasteiger partial charge in [0.15, 0.2) is 0 Å². The number of rotatable bonds is 3. The third-order valence-corrected chi connectivity index (χ3v) is 10.5. The summed E-state index contributed by atoms with van der Waals surface area (Å²) in [5, 5.41) is 12.9. The molecule has 146 valence electrons. The lowest BCUT2D eigenvalue weighted by atomic mass is 8.92. The maximum absolute atomic E-state index is 13.3. The molecule has 6 saturated carbocycles. The first kappa shape index (κ1) is 16.0. The number of carboxylic acid groups (broad SMARTS) is 1. The van der Waals surface area contributed by atoms with Crippen LogP contribution in [0.25, 0.3) is 0 Å². The zero-order valence-electron chi connectivity index (χ0n) is 16.9. The van der Waals surface area contributed by atoms with E-state index in [0.29, 0.717) is 35.5 Å². The van der Waals surface area contributed by atoms with Crippen LogP contribution >= 0.6 is 0 Å². The average molecular weight is 377 g/mol. The zero-order chi connectivity index (χ0) is 19.6. The Labute approximate surface area is 165 Å². The number of anilines is 1. The number of aliphatic carboxylic acids is 1. The molecule has 0 bridgehead atoms. The molecular weight excluding hydrogens is 350 g/mol. The van der Waals surface area contributed by atoms with Gasteiger partial charge in [0.05, 0.1) is 10.8 Å². The van der Waals surface area contributed by atoms with Crippen LogP contribution in [0.4, 0.5) is 5.69 Å². The molecule has 2 N–H and O–H groups in total. The van der Waals surface area contributed by atoms with Gasteiger partial charge in [0.25, 0.3) is 0 Å². The van der Waals surface area contributed by atoms with Gasteiger partial charge in [0.2, 0.25) is 5.91 Å². The Morgan fingerprint density at radius 2 is 1.36 bits per heavy atom. The van der Waals surface area contributed by atoms with Gasteiger partial charge in [-0.25, -0.2) is 0 Å². The van der Waals surface area contributed by atoms with Crippen LogP contribution in [0.2, 0.25) is 0 Å². The second-order valence-corrected chi connectivity index (χ2v) is 11.8. The summed E-state index contributed by atoms with van der Waals surface area (Å²) in [4.78, 5) is 25.0. The van der Waals surface area contributed by atoms with Crippen LogP contribution in [0.3, 0.4) is 0 Å². The van der Waals surface area contributed by atoms with Crippen LogP contribution in [-0.4, -0.2) is 17.0 Å². The zero-order valence-corrected chi connectivity index (χ0v) is 16.9. The molecule has 0 aliphatic heterocycles. The molecule has 0 spiro atoms. The second kappa shape index (κ2) is 3.93. The first-order valence-electron chi connectivity index (χ1n) is 10.8. The van der Waals surface area contributed by atoms with Crippen LogP contribution in [-0.2, 0) is 20.4 Å². The largest absolute Gasteiger partial charge is 0.481 e. The summed E-state index contributed by atoms with van der Waals surface area (Å²) in [6.07, 6.45) is 2.34. The predicted octanol–water partition coefficient (Wildman–Crippen LogP) is 3.80. The van der Waals surface area contributed by atoms with Gasteiger partial charge in [-0.15, -0.1) is 0 Å². The van der Waals surface area contributed by atoms with Crippen molar-refractivity contribution in [3.8, 4) is 0 Å². The molecule has 0 aromatic heterocycles. The standard InChI is InChI=1S/C24H27NO3/c1-21(2)7-8-22(3,4)12-9-10(5-6-11(12)21)25-19(26)23-13-16-14(23)18-15(23)17(13)24(16,18)20(27)28/h5-6,9,13-18H,7-8H2,1-4H3,(H,25,26)(H,27,28). The fourth-order valence-corrected chi connectivity index (χ4v) is 9.32. The van der Waals surface area contributed by atoms with E-state index in [1.807, 2.05) is 0 Å². The Balaban J connectivity index is 1.17. The van der Waals surface area contributed by atoms with E-state index in [2.05, 4.69) is 51.2 Å². The van der Waals surface area contributed by atoms with Crippen molar-refractivity contribution >= 4 is 17.6 Å². The van der Waals surface area contributed by atoms with Crippen molar-refractivity contribution in [1.29, 1.82) is 0 Å². The van der Waals surface area contributed by atoms with Gasteiger partial charge >= 0.3 is 5.97 Å². The minimum atomic E-state index is -0.593. The molecule has 8 rings (SSSR count). The van der Waals surface area contributed by atoms with E-state index in [9.17, 15) is 14.7 Å². The maximum Gasteiger partial charge on any atom is 0.310 e. The van der Waals surface area contributed by atoms with E-state index in [1.54, 1.807) is 0 Å². The Morgan fingerprint density at radius 3 is 1.89 bits per heavy atom. The van der Waals surface area contributed by atoms with Crippen LogP contribution in [0, 0.1) is 46.3 Å².